The SMILES string of the molecule is C=Cc1cn(CCCN2CCC(N3CCCC3)CC2)c2ccccc12.CNC.Cc1cccc(Cl)c1. The van der Waals surface area contributed by atoms with Gasteiger partial charge in [0.1, 0.15) is 0 Å². The maximum Gasteiger partial charge on any atom is 0.0486 e. The molecule has 0 unspecified atom stereocenters. The van der Waals surface area contributed by atoms with Crippen molar-refractivity contribution in [2.24, 2.45) is 0 Å². The van der Waals surface area contributed by atoms with Gasteiger partial charge in [-0.25, -0.2) is 0 Å². The monoisotopic (exact) mass is 508 g/mol. The van der Waals surface area contributed by atoms with Crippen molar-refractivity contribution < 1.29 is 0 Å². The van der Waals surface area contributed by atoms with Gasteiger partial charge in [-0.3, -0.25) is 0 Å². The van der Waals surface area contributed by atoms with E-state index in [-0.39, 0.29) is 0 Å². The van der Waals surface area contributed by atoms with Gasteiger partial charge in [-0.1, -0.05) is 54.6 Å². The molecule has 2 aliphatic heterocycles. The average molecular weight is 509 g/mol. The lowest BCUT2D eigenvalue weighted by atomic mass is 10.0. The number of nitrogens with zero attached hydrogens (tertiary/aromatic N) is 3. The van der Waals surface area contributed by atoms with Gasteiger partial charge in [0.25, 0.3) is 0 Å². The summed E-state index contributed by atoms with van der Waals surface area (Å²) in [6.45, 7) is 13.6. The maximum absolute atomic E-state index is 5.64. The molecule has 0 saturated carbocycles. The molecule has 5 heteroatoms. The highest BCUT2D eigenvalue weighted by molar-refractivity contribution is 6.30. The molecule has 5 rings (SSSR count). The molecular weight excluding hydrogens is 464 g/mol. The Morgan fingerprint density at radius 3 is 2.28 bits per heavy atom. The quantitative estimate of drug-likeness (QED) is 0.400. The Hall–Kier alpha value is -2.11. The van der Waals surface area contributed by atoms with E-state index in [1.165, 1.54) is 86.9 Å². The van der Waals surface area contributed by atoms with Gasteiger partial charge in [-0.15, -0.1) is 0 Å². The van der Waals surface area contributed by atoms with E-state index in [1.807, 2.05) is 51.4 Å². The van der Waals surface area contributed by atoms with Gasteiger partial charge >= 0.3 is 0 Å². The number of nitrogens with one attached hydrogen (secondary N) is 1. The van der Waals surface area contributed by atoms with E-state index in [0.717, 1.165) is 17.6 Å². The molecule has 1 N–H and O–H groups in total. The van der Waals surface area contributed by atoms with E-state index in [4.69, 9.17) is 11.6 Å². The van der Waals surface area contributed by atoms with Gasteiger partial charge in [0.2, 0.25) is 0 Å². The highest BCUT2D eigenvalue weighted by Crippen LogP contribution is 2.23. The van der Waals surface area contributed by atoms with Crippen LogP contribution in [0.4, 0.5) is 0 Å². The molecule has 0 atom stereocenters. The van der Waals surface area contributed by atoms with Crippen LogP contribution in [0.15, 0.2) is 61.3 Å². The molecule has 0 radical (unpaired) electrons. The van der Waals surface area contributed by atoms with Gasteiger partial charge < -0.3 is 19.7 Å². The summed E-state index contributed by atoms with van der Waals surface area (Å²) in [6.07, 6.45) is 11.0. The number of likely N-dealkylation sites (tertiary alicyclic amines) is 2. The lowest BCUT2D eigenvalue weighted by Crippen LogP contribution is -2.44. The van der Waals surface area contributed by atoms with Gasteiger partial charge in [-0.2, -0.15) is 0 Å². The molecule has 0 aliphatic carbocycles. The average Bonchev–Trinajstić information content (AvgIpc) is 3.54. The lowest BCUT2D eigenvalue weighted by Gasteiger charge is -2.36. The maximum atomic E-state index is 5.64. The zero-order chi connectivity index (χ0) is 25.8. The predicted octanol–water partition coefficient (Wildman–Crippen LogP) is 6.72. The van der Waals surface area contributed by atoms with Crippen LogP contribution >= 0.6 is 11.6 Å². The third-order valence-electron chi connectivity index (χ3n) is 7.11. The molecule has 2 saturated heterocycles. The summed E-state index contributed by atoms with van der Waals surface area (Å²) in [7, 11) is 3.75. The van der Waals surface area contributed by atoms with Gasteiger partial charge in [-0.05, 0) is 115 Å². The second kappa shape index (κ2) is 15.2. The Morgan fingerprint density at radius 2 is 1.67 bits per heavy atom. The van der Waals surface area contributed by atoms with Crippen molar-refractivity contribution in [1.82, 2.24) is 19.7 Å². The number of aromatic nitrogens is 1. The first kappa shape index (κ1) is 28.5. The number of para-hydroxylation sites is 1. The minimum atomic E-state index is 0.810. The second-order valence-corrected chi connectivity index (χ2v) is 10.4. The molecule has 3 aromatic rings. The Balaban J connectivity index is 0.000000275. The van der Waals surface area contributed by atoms with Crippen molar-refractivity contribution in [3.8, 4) is 0 Å². The van der Waals surface area contributed by atoms with Crippen molar-refractivity contribution in [3.05, 3.63) is 77.5 Å². The Morgan fingerprint density at radius 1 is 0.972 bits per heavy atom. The highest BCUT2D eigenvalue weighted by atomic mass is 35.5. The Kier molecular flexibility index (Phi) is 12.0. The largest absolute Gasteiger partial charge is 0.347 e. The van der Waals surface area contributed by atoms with Crippen molar-refractivity contribution in [2.45, 2.75) is 51.6 Å². The third-order valence-corrected chi connectivity index (χ3v) is 7.34. The minimum absolute atomic E-state index is 0.810. The molecule has 4 nitrogen and oxygen atoms in total. The van der Waals surface area contributed by atoms with Crippen LogP contribution in [0.3, 0.4) is 0 Å². The first-order chi connectivity index (χ1) is 17.5. The molecule has 2 aliphatic rings. The van der Waals surface area contributed by atoms with Crippen LogP contribution in [0, 0.1) is 6.92 Å². The summed E-state index contributed by atoms with van der Waals surface area (Å²) in [5.74, 6) is 0. The van der Waals surface area contributed by atoms with Crippen LogP contribution in [-0.4, -0.2) is 67.2 Å². The lowest BCUT2D eigenvalue weighted by molar-refractivity contribution is 0.125. The van der Waals surface area contributed by atoms with E-state index in [0.29, 0.717) is 0 Å². The fourth-order valence-corrected chi connectivity index (χ4v) is 5.55. The molecule has 196 valence electrons. The molecule has 0 bridgehead atoms. The van der Waals surface area contributed by atoms with E-state index >= 15 is 0 Å². The van der Waals surface area contributed by atoms with Crippen molar-refractivity contribution in [2.75, 3.05) is 46.8 Å². The van der Waals surface area contributed by atoms with Crippen molar-refractivity contribution in [1.29, 1.82) is 0 Å². The van der Waals surface area contributed by atoms with Crippen LogP contribution in [0.1, 0.15) is 43.2 Å². The van der Waals surface area contributed by atoms with Gasteiger partial charge in [0.05, 0.1) is 0 Å². The zero-order valence-electron chi connectivity index (χ0n) is 22.6. The number of hydrogen-bond donors (Lipinski definition) is 1. The van der Waals surface area contributed by atoms with E-state index in [9.17, 15) is 0 Å². The number of benzene rings is 2. The summed E-state index contributed by atoms with van der Waals surface area (Å²) >= 11 is 5.64. The number of aryl methyl sites for hydroxylation is 2. The summed E-state index contributed by atoms with van der Waals surface area (Å²) in [5, 5.41) is 4.88. The molecule has 2 fully saturated rings. The minimum Gasteiger partial charge on any atom is -0.347 e. The number of piperidine rings is 1. The predicted molar refractivity (Wildman–Crippen MR) is 158 cm³/mol. The highest BCUT2D eigenvalue weighted by Gasteiger charge is 2.26. The summed E-state index contributed by atoms with van der Waals surface area (Å²) in [4.78, 5) is 5.41. The first-order valence-electron chi connectivity index (χ1n) is 13.5. The number of hydrogen-bond acceptors (Lipinski definition) is 3. The normalized spacial score (nSPS) is 16.8. The van der Waals surface area contributed by atoms with Crippen LogP contribution in [0.5, 0.6) is 0 Å². The van der Waals surface area contributed by atoms with Gasteiger partial charge in [0, 0.05) is 34.7 Å². The molecule has 0 spiro atoms. The van der Waals surface area contributed by atoms with E-state index < -0.39 is 0 Å². The second-order valence-electron chi connectivity index (χ2n) is 9.97. The van der Waals surface area contributed by atoms with Crippen molar-refractivity contribution >= 4 is 28.6 Å². The van der Waals surface area contributed by atoms with Crippen molar-refractivity contribution in [3.63, 3.8) is 0 Å². The Labute approximate surface area is 223 Å². The molecule has 0 amide bonds. The number of halogens is 1. The molecule has 3 heterocycles. The number of fused-ring (bicyclic) bond motifs is 1. The standard InChI is InChI=1S/C22H31N3.C7H7Cl.C2H7N/c1-2-19-18-25(22-9-4-3-8-21(19)22)15-7-12-23-16-10-20(11-17-23)24-13-5-6-14-24;1-6-3-2-4-7(8)5-6;1-3-2/h2-4,8-9,18,20H,1,5-7,10-17H2;2-5H,1H3;3H,1-2H3. The molecule has 1 aromatic heterocycles. The smallest absolute Gasteiger partial charge is 0.0486 e. The van der Waals surface area contributed by atoms with Gasteiger partial charge in [0.15, 0.2) is 0 Å². The van der Waals surface area contributed by atoms with E-state index in [2.05, 4.69) is 56.7 Å². The third kappa shape index (κ3) is 8.48. The van der Waals surface area contributed by atoms with Crippen LogP contribution in [0.2, 0.25) is 5.02 Å². The summed E-state index contributed by atoms with van der Waals surface area (Å²) in [6, 6.07) is 17.3. The van der Waals surface area contributed by atoms with E-state index in [1.54, 1.807) is 0 Å². The summed E-state index contributed by atoms with van der Waals surface area (Å²) < 4.78 is 2.41. The Bertz CT molecular complexity index is 1030. The number of rotatable bonds is 6. The van der Waals surface area contributed by atoms with Crippen LogP contribution in [0.25, 0.3) is 17.0 Å². The molecule has 2 aromatic carbocycles. The van der Waals surface area contributed by atoms with Crippen LogP contribution < -0.4 is 5.32 Å². The fourth-order valence-electron chi connectivity index (χ4n) is 5.31. The molecular formula is C31H45ClN4. The topological polar surface area (TPSA) is 23.4 Å². The fraction of sp³-hybridized carbons (Fsp3) is 0.484. The first-order valence-corrected chi connectivity index (χ1v) is 13.9. The molecule has 36 heavy (non-hydrogen) atoms. The zero-order valence-corrected chi connectivity index (χ0v) is 23.3. The van der Waals surface area contributed by atoms with Crippen LogP contribution in [-0.2, 0) is 6.54 Å². The summed E-state index contributed by atoms with van der Waals surface area (Å²) in [5.41, 5.74) is 3.80.